The first-order valence-electron chi connectivity index (χ1n) is 9.71. The van der Waals surface area contributed by atoms with Crippen LogP contribution in [-0.2, 0) is 0 Å². The van der Waals surface area contributed by atoms with Gasteiger partial charge in [0.05, 0.1) is 0 Å². The third kappa shape index (κ3) is 2.18. The van der Waals surface area contributed by atoms with Gasteiger partial charge in [0.1, 0.15) is 0 Å². The second-order valence-corrected chi connectivity index (χ2v) is 7.37. The van der Waals surface area contributed by atoms with Crippen molar-refractivity contribution >= 4 is 43.1 Å². The monoisotopic (exact) mass is 354 g/mol. The third-order valence-corrected chi connectivity index (χ3v) is 5.86. The molecule has 0 spiro atoms. The summed E-state index contributed by atoms with van der Waals surface area (Å²) in [6.45, 7) is 0. The summed E-state index contributed by atoms with van der Waals surface area (Å²) >= 11 is 0. The Morgan fingerprint density at radius 1 is 0.250 bits per heavy atom. The molecule has 0 atom stereocenters. The Balaban J connectivity index is 1.73. The lowest BCUT2D eigenvalue weighted by molar-refractivity contribution is 1.69. The van der Waals surface area contributed by atoms with Crippen LogP contribution in [0.3, 0.4) is 0 Å². The van der Waals surface area contributed by atoms with Crippen molar-refractivity contribution in [1.29, 1.82) is 0 Å². The standard InChI is InChI=1S/C28H18/c1-3-10-21-19(7-1)9-5-12-23(21)24-13-6-14-25-27-16-15-20-8-2-4-11-22(20)26(27)17-18-28(24)25/h1-18H. The summed E-state index contributed by atoms with van der Waals surface area (Å²) in [6, 6.07) is 39.6. The van der Waals surface area contributed by atoms with E-state index < -0.39 is 0 Å². The lowest BCUT2D eigenvalue weighted by Crippen LogP contribution is -1.86. The molecule has 0 heteroatoms. The molecular weight excluding hydrogens is 336 g/mol. The van der Waals surface area contributed by atoms with Crippen molar-refractivity contribution in [3.05, 3.63) is 109 Å². The molecule has 0 saturated carbocycles. The zero-order valence-electron chi connectivity index (χ0n) is 15.4. The number of benzene rings is 6. The Morgan fingerprint density at radius 3 is 1.57 bits per heavy atom. The maximum Gasteiger partial charge on any atom is -0.00987 e. The molecule has 0 nitrogen and oxygen atoms in total. The normalized spacial score (nSPS) is 11.6. The maximum atomic E-state index is 2.29. The van der Waals surface area contributed by atoms with Crippen molar-refractivity contribution < 1.29 is 0 Å². The van der Waals surface area contributed by atoms with E-state index in [1.807, 2.05) is 0 Å². The lowest BCUT2D eigenvalue weighted by atomic mass is 9.91. The fourth-order valence-corrected chi connectivity index (χ4v) is 4.55. The number of fused-ring (bicyclic) bond motifs is 6. The van der Waals surface area contributed by atoms with Crippen molar-refractivity contribution in [3.63, 3.8) is 0 Å². The Bertz CT molecular complexity index is 1500. The molecule has 0 aromatic heterocycles. The summed E-state index contributed by atoms with van der Waals surface area (Å²) in [6.07, 6.45) is 0. The molecule has 0 N–H and O–H groups in total. The van der Waals surface area contributed by atoms with Crippen LogP contribution in [0.5, 0.6) is 0 Å². The predicted molar refractivity (Wildman–Crippen MR) is 122 cm³/mol. The van der Waals surface area contributed by atoms with E-state index in [9.17, 15) is 0 Å². The summed E-state index contributed by atoms with van der Waals surface area (Å²) in [5.74, 6) is 0. The molecule has 6 rings (SSSR count). The topological polar surface area (TPSA) is 0 Å². The van der Waals surface area contributed by atoms with Gasteiger partial charge in [0, 0.05) is 0 Å². The second-order valence-electron chi connectivity index (χ2n) is 7.37. The predicted octanol–water partition coefficient (Wildman–Crippen LogP) is 7.97. The zero-order valence-corrected chi connectivity index (χ0v) is 15.4. The highest BCUT2D eigenvalue weighted by atomic mass is 14.1. The van der Waals surface area contributed by atoms with Crippen molar-refractivity contribution in [3.8, 4) is 11.1 Å². The first kappa shape index (κ1) is 15.4. The molecule has 28 heavy (non-hydrogen) atoms. The van der Waals surface area contributed by atoms with E-state index in [2.05, 4.69) is 109 Å². The minimum absolute atomic E-state index is 1.28. The molecule has 0 aliphatic rings. The molecule has 0 aliphatic carbocycles. The largest absolute Gasteiger partial charge is 0.0616 e. The van der Waals surface area contributed by atoms with E-state index in [-0.39, 0.29) is 0 Å². The van der Waals surface area contributed by atoms with Crippen molar-refractivity contribution in [1.82, 2.24) is 0 Å². The van der Waals surface area contributed by atoms with Gasteiger partial charge in [0.15, 0.2) is 0 Å². The fourth-order valence-electron chi connectivity index (χ4n) is 4.55. The van der Waals surface area contributed by atoms with Gasteiger partial charge in [-0.3, -0.25) is 0 Å². The number of hydrogen-bond donors (Lipinski definition) is 0. The zero-order chi connectivity index (χ0) is 18.5. The summed E-state index contributed by atoms with van der Waals surface area (Å²) < 4.78 is 0. The molecular formula is C28H18. The highest BCUT2D eigenvalue weighted by molar-refractivity contribution is 6.20. The molecule has 0 amide bonds. The van der Waals surface area contributed by atoms with Gasteiger partial charge in [-0.1, -0.05) is 109 Å². The second kappa shape index (κ2) is 5.94. The molecule has 130 valence electrons. The van der Waals surface area contributed by atoms with Crippen LogP contribution >= 0.6 is 0 Å². The molecule has 0 saturated heterocycles. The minimum Gasteiger partial charge on any atom is -0.0616 e. The molecule has 0 bridgehead atoms. The van der Waals surface area contributed by atoms with Crippen molar-refractivity contribution in [2.24, 2.45) is 0 Å². The fraction of sp³-hybridized carbons (Fsp3) is 0. The van der Waals surface area contributed by atoms with Crippen LogP contribution < -0.4 is 0 Å². The molecule has 0 unspecified atom stereocenters. The molecule has 0 radical (unpaired) electrons. The molecule has 6 aromatic carbocycles. The van der Waals surface area contributed by atoms with Crippen LogP contribution in [0, 0.1) is 0 Å². The van der Waals surface area contributed by atoms with Gasteiger partial charge >= 0.3 is 0 Å². The Hall–Kier alpha value is -3.64. The van der Waals surface area contributed by atoms with E-state index in [1.165, 1.54) is 54.2 Å². The highest BCUT2D eigenvalue weighted by Gasteiger charge is 2.10. The van der Waals surface area contributed by atoms with Crippen molar-refractivity contribution in [2.45, 2.75) is 0 Å². The molecule has 0 fully saturated rings. The smallest absolute Gasteiger partial charge is 0.00987 e. The maximum absolute atomic E-state index is 2.29. The first-order valence-corrected chi connectivity index (χ1v) is 9.71. The first-order chi connectivity index (χ1) is 13.9. The Labute approximate surface area is 163 Å². The van der Waals surface area contributed by atoms with Gasteiger partial charge in [0.25, 0.3) is 0 Å². The van der Waals surface area contributed by atoms with Crippen LogP contribution in [0.25, 0.3) is 54.2 Å². The minimum atomic E-state index is 1.28. The Kier molecular flexibility index (Phi) is 3.27. The number of hydrogen-bond acceptors (Lipinski definition) is 0. The van der Waals surface area contributed by atoms with Gasteiger partial charge in [-0.15, -0.1) is 0 Å². The van der Waals surface area contributed by atoms with Gasteiger partial charge in [-0.05, 0) is 54.2 Å². The highest BCUT2D eigenvalue weighted by Crippen LogP contribution is 2.38. The Morgan fingerprint density at radius 2 is 0.714 bits per heavy atom. The average molecular weight is 354 g/mol. The summed E-state index contributed by atoms with van der Waals surface area (Å²) in [7, 11) is 0. The van der Waals surface area contributed by atoms with E-state index in [0.717, 1.165) is 0 Å². The average Bonchev–Trinajstić information content (AvgIpc) is 2.78. The third-order valence-electron chi connectivity index (χ3n) is 5.86. The summed E-state index contributed by atoms with van der Waals surface area (Å²) in [4.78, 5) is 0. The van der Waals surface area contributed by atoms with Gasteiger partial charge in [0.2, 0.25) is 0 Å². The van der Waals surface area contributed by atoms with Crippen LogP contribution in [0.15, 0.2) is 109 Å². The lowest BCUT2D eigenvalue weighted by Gasteiger charge is -2.13. The summed E-state index contributed by atoms with van der Waals surface area (Å²) in [5, 5.41) is 10.5. The van der Waals surface area contributed by atoms with E-state index in [1.54, 1.807) is 0 Å². The van der Waals surface area contributed by atoms with Crippen molar-refractivity contribution in [2.75, 3.05) is 0 Å². The number of rotatable bonds is 1. The van der Waals surface area contributed by atoms with Gasteiger partial charge < -0.3 is 0 Å². The molecule has 0 heterocycles. The quantitative estimate of drug-likeness (QED) is 0.263. The van der Waals surface area contributed by atoms with E-state index in [0.29, 0.717) is 0 Å². The van der Waals surface area contributed by atoms with E-state index >= 15 is 0 Å². The van der Waals surface area contributed by atoms with E-state index in [4.69, 9.17) is 0 Å². The van der Waals surface area contributed by atoms with Gasteiger partial charge in [-0.25, -0.2) is 0 Å². The SMILES string of the molecule is c1ccc2c(-c3cccc4c3ccc3c5ccccc5ccc43)cccc2c1. The summed E-state index contributed by atoms with van der Waals surface area (Å²) in [5.41, 5.74) is 2.59. The molecule has 0 aliphatic heterocycles. The van der Waals surface area contributed by atoms with Crippen LogP contribution in [0.2, 0.25) is 0 Å². The van der Waals surface area contributed by atoms with Gasteiger partial charge in [-0.2, -0.15) is 0 Å². The molecule has 6 aromatic rings. The van der Waals surface area contributed by atoms with Crippen LogP contribution in [0.1, 0.15) is 0 Å². The van der Waals surface area contributed by atoms with Crippen LogP contribution in [0.4, 0.5) is 0 Å². The van der Waals surface area contributed by atoms with Crippen LogP contribution in [-0.4, -0.2) is 0 Å².